The molecule has 2 heterocycles. The summed E-state index contributed by atoms with van der Waals surface area (Å²) in [5.41, 5.74) is 2.11. The first kappa shape index (κ1) is 22.6. The summed E-state index contributed by atoms with van der Waals surface area (Å²) in [6, 6.07) is 6.44. The fourth-order valence-electron chi connectivity index (χ4n) is 3.07. The molecule has 9 heteroatoms. The highest BCUT2D eigenvalue weighted by Crippen LogP contribution is 2.26. The van der Waals surface area contributed by atoms with Crippen molar-refractivity contribution >= 4 is 21.2 Å². The van der Waals surface area contributed by atoms with Crippen LogP contribution in [0.3, 0.4) is 0 Å². The van der Waals surface area contributed by atoms with Gasteiger partial charge in [-0.25, -0.2) is 22.8 Å². The van der Waals surface area contributed by atoms with E-state index in [-0.39, 0.29) is 23.6 Å². The Morgan fingerprint density at radius 3 is 2.53 bits per heavy atom. The zero-order valence-electron chi connectivity index (χ0n) is 17.8. The van der Waals surface area contributed by atoms with Crippen LogP contribution in [0.15, 0.2) is 41.0 Å². The highest BCUT2D eigenvalue weighted by molar-refractivity contribution is 7.91. The van der Waals surface area contributed by atoms with Crippen molar-refractivity contribution in [1.82, 2.24) is 19.4 Å². The smallest absolute Gasteiger partial charge is 0.228 e. The number of hydrogen-bond donors (Lipinski definition) is 0. The van der Waals surface area contributed by atoms with Gasteiger partial charge in [-0.15, -0.1) is 11.3 Å². The van der Waals surface area contributed by atoms with E-state index >= 15 is 0 Å². The number of benzene rings is 1. The van der Waals surface area contributed by atoms with Crippen LogP contribution in [0.2, 0.25) is 0 Å². The van der Waals surface area contributed by atoms with Crippen LogP contribution < -0.4 is 0 Å². The molecule has 0 aliphatic carbocycles. The molecule has 162 valence electrons. The average Bonchev–Trinajstić information content (AvgIpc) is 3.29. The number of thiazole rings is 1. The molecule has 0 radical (unpaired) electrons. The molecule has 0 bridgehead atoms. The highest BCUT2D eigenvalue weighted by atomic mass is 32.2. The molecule has 0 aliphatic heterocycles. The quantitative estimate of drug-likeness (QED) is 0.514. The van der Waals surface area contributed by atoms with Gasteiger partial charge in [-0.3, -0.25) is 4.90 Å². The van der Waals surface area contributed by atoms with Gasteiger partial charge in [0.25, 0.3) is 0 Å². The number of nitrogens with zero attached hydrogens (tertiary/aromatic N) is 4. The normalized spacial score (nSPS) is 13.3. The Balaban J connectivity index is 1.97. The highest BCUT2D eigenvalue weighted by Gasteiger charge is 2.28. The van der Waals surface area contributed by atoms with E-state index in [1.807, 2.05) is 19.4 Å². The number of imidazole rings is 1. The Hall–Kier alpha value is -2.10. The maximum Gasteiger partial charge on any atom is 0.228 e. The van der Waals surface area contributed by atoms with E-state index in [1.54, 1.807) is 54.1 Å². The van der Waals surface area contributed by atoms with E-state index in [9.17, 15) is 12.8 Å². The molecule has 0 saturated heterocycles. The van der Waals surface area contributed by atoms with Crippen LogP contribution in [0.1, 0.15) is 48.8 Å². The van der Waals surface area contributed by atoms with Gasteiger partial charge in [0.2, 0.25) is 15.0 Å². The monoisotopic (exact) mass is 450 g/mol. The molecule has 6 nitrogen and oxygen atoms in total. The number of aromatic nitrogens is 3. The minimum absolute atomic E-state index is 0.0260. The fraction of sp³-hybridized carbons (Fsp3) is 0.429. The van der Waals surface area contributed by atoms with Gasteiger partial charge in [-0.1, -0.05) is 18.2 Å². The van der Waals surface area contributed by atoms with Crippen LogP contribution >= 0.6 is 11.3 Å². The third-order valence-electron chi connectivity index (χ3n) is 5.13. The van der Waals surface area contributed by atoms with E-state index in [1.165, 1.54) is 6.07 Å². The van der Waals surface area contributed by atoms with Gasteiger partial charge in [0.05, 0.1) is 29.7 Å². The molecule has 0 unspecified atom stereocenters. The van der Waals surface area contributed by atoms with E-state index in [0.717, 1.165) is 10.7 Å². The summed E-state index contributed by atoms with van der Waals surface area (Å²) in [6.07, 6.45) is 1.58. The number of sulfone groups is 1. The van der Waals surface area contributed by atoms with Crippen LogP contribution in [0.4, 0.5) is 4.39 Å². The third kappa shape index (κ3) is 4.63. The Morgan fingerprint density at radius 1 is 1.23 bits per heavy atom. The Kier molecular flexibility index (Phi) is 6.74. The molecule has 0 saturated carbocycles. The molecular weight excluding hydrogens is 423 g/mol. The molecule has 0 fully saturated rings. The van der Waals surface area contributed by atoms with Crippen molar-refractivity contribution in [2.75, 3.05) is 7.05 Å². The van der Waals surface area contributed by atoms with Crippen molar-refractivity contribution in [3.63, 3.8) is 0 Å². The topological polar surface area (TPSA) is 68.1 Å². The van der Waals surface area contributed by atoms with E-state index in [4.69, 9.17) is 0 Å². The predicted molar refractivity (Wildman–Crippen MR) is 117 cm³/mol. The number of halogens is 1. The van der Waals surface area contributed by atoms with Gasteiger partial charge < -0.3 is 4.57 Å². The van der Waals surface area contributed by atoms with Crippen LogP contribution in [0, 0.1) is 12.7 Å². The second-order valence-corrected chi connectivity index (χ2v) is 11.0. The van der Waals surface area contributed by atoms with Crippen molar-refractivity contribution in [2.24, 2.45) is 0 Å². The summed E-state index contributed by atoms with van der Waals surface area (Å²) in [7, 11) is -1.67. The maximum atomic E-state index is 14.3. The summed E-state index contributed by atoms with van der Waals surface area (Å²) in [5.74, 6) is -0.370. The zero-order valence-corrected chi connectivity index (χ0v) is 19.5. The maximum absolute atomic E-state index is 14.3. The van der Waals surface area contributed by atoms with Crippen molar-refractivity contribution < 1.29 is 12.8 Å². The summed E-state index contributed by atoms with van der Waals surface area (Å²) < 4.78 is 41.7. The second-order valence-electron chi connectivity index (χ2n) is 7.72. The van der Waals surface area contributed by atoms with Crippen LogP contribution in [-0.2, 0) is 22.9 Å². The molecular formula is C21H27FN4O2S2. The Morgan fingerprint density at radius 2 is 1.93 bits per heavy atom. The molecule has 3 aromatic rings. The Labute approximate surface area is 181 Å². The summed E-state index contributed by atoms with van der Waals surface area (Å²) in [5, 5.41) is 2.35. The number of rotatable bonds is 8. The van der Waals surface area contributed by atoms with Crippen molar-refractivity contribution in [1.29, 1.82) is 0 Å². The molecule has 3 rings (SSSR count). The van der Waals surface area contributed by atoms with E-state index in [2.05, 4.69) is 21.8 Å². The average molecular weight is 451 g/mol. The minimum Gasteiger partial charge on any atom is -0.313 e. The summed E-state index contributed by atoms with van der Waals surface area (Å²) >= 11 is 1.60. The second kappa shape index (κ2) is 8.95. The lowest BCUT2D eigenvalue weighted by molar-refractivity contribution is 0.245. The lowest BCUT2D eigenvalue weighted by atomic mass is 10.2. The number of hydrogen-bond acceptors (Lipinski definition) is 6. The molecule has 0 spiro atoms. The SMILES string of the molecule is Cc1csc([C@H](C)N(C)Cc2cnc(S(=O)(=O)C(C)C)n2Cc2ccccc2F)n1. The van der Waals surface area contributed by atoms with Gasteiger partial charge in [0.15, 0.2) is 0 Å². The largest absolute Gasteiger partial charge is 0.313 e. The summed E-state index contributed by atoms with van der Waals surface area (Å²) in [4.78, 5) is 10.9. The van der Waals surface area contributed by atoms with Gasteiger partial charge in [0, 0.05) is 23.2 Å². The van der Waals surface area contributed by atoms with Gasteiger partial charge in [-0.2, -0.15) is 0 Å². The van der Waals surface area contributed by atoms with E-state index in [0.29, 0.717) is 17.8 Å². The Bertz CT molecular complexity index is 1120. The lowest BCUT2D eigenvalue weighted by Crippen LogP contribution is -2.25. The van der Waals surface area contributed by atoms with Gasteiger partial charge in [-0.05, 0) is 40.8 Å². The number of aryl methyl sites for hydroxylation is 1. The molecule has 0 amide bonds. The third-order valence-corrected chi connectivity index (χ3v) is 8.34. The van der Waals surface area contributed by atoms with Crippen LogP contribution in [0.25, 0.3) is 0 Å². The molecule has 2 aromatic heterocycles. The van der Waals surface area contributed by atoms with Crippen molar-refractivity contribution in [2.45, 2.75) is 57.2 Å². The van der Waals surface area contributed by atoms with Gasteiger partial charge in [0.1, 0.15) is 10.8 Å². The first-order valence-corrected chi connectivity index (χ1v) is 12.2. The van der Waals surface area contributed by atoms with Crippen molar-refractivity contribution in [3.8, 4) is 0 Å². The van der Waals surface area contributed by atoms with E-state index < -0.39 is 15.1 Å². The van der Waals surface area contributed by atoms with Gasteiger partial charge >= 0.3 is 0 Å². The minimum atomic E-state index is -3.62. The predicted octanol–water partition coefficient (Wildman–Crippen LogP) is 4.21. The molecule has 0 aliphatic rings. The summed E-state index contributed by atoms with van der Waals surface area (Å²) in [6.45, 7) is 7.81. The van der Waals surface area contributed by atoms with Crippen LogP contribution in [-0.4, -0.2) is 40.2 Å². The first-order chi connectivity index (χ1) is 14.1. The molecule has 30 heavy (non-hydrogen) atoms. The standard InChI is InChI=1S/C21H27FN4O2S2/c1-14(2)30(27,28)21-23-10-18(26(21)11-17-8-6-7-9-19(17)22)12-25(5)16(4)20-24-15(3)13-29-20/h6-10,13-14,16H,11-12H2,1-5H3/t16-/m0/s1. The fourth-order valence-corrected chi connectivity index (χ4v) is 5.10. The molecule has 1 aromatic carbocycles. The zero-order chi connectivity index (χ0) is 22.1. The van der Waals surface area contributed by atoms with Crippen molar-refractivity contribution in [3.05, 3.63) is 63.6 Å². The lowest BCUT2D eigenvalue weighted by Gasteiger charge is -2.24. The van der Waals surface area contributed by atoms with Crippen LogP contribution in [0.5, 0.6) is 0 Å². The first-order valence-electron chi connectivity index (χ1n) is 9.75. The molecule has 0 N–H and O–H groups in total. The molecule has 1 atom stereocenters.